The van der Waals surface area contributed by atoms with Gasteiger partial charge in [0.2, 0.25) is 0 Å². The van der Waals surface area contributed by atoms with Crippen LogP contribution in [0.25, 0.3) is 0 Å². The van der Waals surface area contributed by atoms with E-state index in [4.69, 9.17) is 44.4 Å². The fraction of sp³-hybridized carbons (Fsp3) is 0.400. The van der Waals surface area contributed by atoms with Crippen molar-refractivity contribution < 1.29 is 45.5 Å². The van der Waals surface area contributed by atoms with E-state index in [0.717, 1.165) is 26.4 Å². The van der Waals surface area contributed by atoms with E-state index in [1.54, 1.807) is 0 Å². The Hall–Kier alpha value is -1.86. The van der Waals surface area contributed by atoms with Gasteiger partial charge in [0.15, 0.2) is 18.4 Å². The van der Waals surface area contributed by atoms with Gasteiger partial charge in [-0.3, -0.25) is 4.18 Å². The standard InChI is InChI=1S/C15H15Cl3FNO9S/c1-25-14(21)27-6-11(13(10(19)5-20)28-15(22)26-2)29-30(23,24)12-4-8(17)7(16)3-9(12)18/h3-5,10-11,13,20H,6H2,1-2H3/t10-,11+,13-/m1/s1. The zero-order valence-corrected chi connectivity index (χ0v) is 18.3. The van der Waals surface area contributed by atoms with Crippen molar-refractivity contribution in [1.29, 1.82) is 5.41 Å². The molecule has 30 heavy (non-hydrogen) atoms. The molecule has 0 fully saturated rings. The summed E-state index contributed by atoms with van der Waals surface area (Å²) >= 11 is 17.4. The molecule has 1 aromatic carbocycles. The minimum atomic E-state index is -4.79. The molecule has 0 aliphatic heterocycles. The van der Waals surface area contributed by atoms with Crippen molar-refractivity contribution in [1.82, 2.24) is 0 Å². The Bertz CT molecular complexity index is 900. The fourth-order valence-electron chi connectivity index (χ4n) is 1.90. The van der Waals surface area contributed by atoms with Crippen molar-refractivity contribution in [3.63, 3.8) is 0 Å². The number of methoxy groups -OCH3 is 2. The zero-order chi connectivity index (χ0) is 23.1. The lowest BCUT2D eigenvalue weighted by Gasteiger charge is -2.26. The van der Waals surface area contributed by atoms with Crippen molar-refractivity contribution >= 4 is 63.4 Å². The third-order valence-electron chi connectivity index (χ3n) is 3.27. The summed E-state index contributed by atoms with van der Waals surface area (Å²) in [4.78, 5) is 22.0. The summed E-state index contributed by atoms with van der Waals surface area (Å²) in [5.74, 6) is 0. The molecule has 0 saturated heterocycles. The molecule has 3 atom stereocenters. The maximum Gasteiger partial charge on any atom is 0.508 e. The molecular formula is C15H15Cl3FNO9S. The van der Waals surface area contributed by atoms with Gasteiger partial charge in [-0.1, -0.05) is 34.8 Å². The highest BCUT2D eigenvalue weighted by Crippen LogP contribution is 2.33. The highest BCUT2D eigenvalue weighted by molar-refractivity contribution is 7.87. The van der Waals surface area contributed by atoms with Crippen LogP contribution in [0.1, 0.15) is 0 Å². The molecule has 0 aliphatic carbocycles. The van der Waals surface area contributed by atoms with E-state index in [1.807, 2.05) is 0 Å². The number of nitrogens with one attached hydrogen (secondary N) is 1. The van der Waals surface area contributed by atoms with Crippen LogP contribution in [0.5, 0.6) is 0 Å². The number of ether oxygens (including phenoxy) is 4. The summed E-state index contributed by atoms with van der Waals surface area (Å²) in [6.07, 6.45) is -8.89. The molecule has 15 heteroatoms. The second-order valence-corrected chi connectivity index (χ2v) is 7.96. The Morgan fingerprint density at radius 3 is 2.20 bits per heavy atom. The normalized spacial score (nSPS) is 14.2. The largest absolute Gasteiger partial charge is 0.508 e. The van der Waals surface area contributed by atoms with Gasteiger partial charge < -0.3 is 24.4 Å². The molecular weight excluding hydrogens is 496 g/mol. The molecule has 0 bridgehead atoms. The van der Waals surface area contributed by atoms with Gasteiger partial charge in [0.25, 0.3) is 10.1 Å². The monoisotopic (exact) mass is 509 g/mol. The minimum Gasteiger partial charge on any atom is -0.438 e. The maximum absolute atomic E-state index is 14.2. The lowest BCUT2D eigenvalue weighted by Crippen LogP contribution is -2.45. The van der Waals surface area contributed by atoms with Gasteiger partial charge in [-0.15, -0.1) is 0 Å². The van der Waals surface area contributed by atoms with Crippen molar-refractivity contribution in [2.45, 2.75) is 23.3 Å². The summed E-state index contributed by atoms with van der Waals surface area (Å²) in [5.41, 5.74) is 0. The first-order valence-electron chi connectivity index (χ1n) is 7.64. The average molecular weight is 511 g/mol. The second kappa shape index (κ2) is 11.5. The predicted octanol–water partition coefficient (Wildman–Crippen LogP) is 3.64. The quantitative estimate of drug-likeness (QED) is 0.228. The number of benzene rings is 1. The molecule has 0 unspecified atom stereocenters. The lowest BCUT2D eigenvalue weighted by atomic mass is 10.1. The Kier molecular flexibility index (Phi) is 10.0. The molecule has 0 aromatic heterocycles. The first kappa shape index (κ1) is 26.2. The van der Waals surface area contributed by atoms with Crippen LogP contribution in [0.15, 0.2) is 17.0 Å². The first-order valence-corrected chi connectivity index (χ1v) is 10.2. The van der Waals surface area contributed by atoms with E-state index in [1.165, 1.54) is 0 Å². The van der Waals surface area contributed by atoms with Crippen molar-refractivity contribution in [2.24, 2.45) is 0 Å². The summed E-state index contributed by atoms with van der Waals surface area (Å²) in [6.45, 7) is -0.958. The molecule has 0 radical (unpaired) electrons. The smallest absolute Gasteiger partial charge is 0.438 e. The summed E-state index contributed by atoms with van der Waals surface area (Å²) in [6, 6.07) is 1.90. The predicted molar refractivity (Wildman–Crippen MR) is 103 cm³/mol. The topological polar surface area (TPSA) is 138 Å². The van der Waals surface area contributed by atoms with Gasteiger partial charge in [0.1, 0.15) is 11.5 Å². The maximum atomic E-state index is 14.2. The molecule has 0 aliphatic rings. The van der Waals surface area contributed by atoms with Crippen LogP contribution in [0, 0.1) is 5.41 Å². The number of rotatable bonds is 9. The van der Waals surface area contributed by atoms with E-state index in [-0.39, 0.29) is 21.3 Å². The van der Waals surface area contributed by atoms with Crippen molar-refractivity contribution in [2.75, 3.05) is 20.8 Å². The Morgan fingerprint density at radius 1 is 1.10 bits per heavy atom. The summed E-state index contributed by atoms with van der Waals surface area (Å²) in [7, 11) is -2.93. The summed E-state index contributed by atoms with van der Waals surface area (Å²) < 4.78 is 62.2. The van der Waals surface area contributed by atoms with Gasteiger partial charge in [0.05, 0.1) is 29.3 Å². The third kappa shape index (κ3) is 7.13. The number of halogens is 4. The summed E-state index contributed by atoms with van der Waals surface area (Å²) in [5, 5.41) is 6.43. The van der Waals surface area contributed by atoms with E-state index < -0.39 is 52.3 Å². The molecule has 0 saturated carbocycles. The van der Waals surface area contributed by atoms with E-state index >= 15 is 0 Å². The van der Waals surface area contributed by atoms with Gasteiger partial charge in [-0.2, -0.15) is 8.42 Å². The van der Waals surface area contributed by atoms with Crippen molar-refractivity contribution in [3.8, 4) is 0 Å². The lowest BCUT2D eigenvalue weighted by molar-refractivity contribution is -0.0573. The fourth-order valence-corrected chi connectivity index (χ4v) is 3.95. The van der Waals surface area contributed by atoms with Gasteiger partial charge in [-0.25, -0.2) is 14.0 Å². The molecule has 0 heterocycles. The van der Waals surface area contributed by atoms with Gasteiger partial charge in [0, 0.05) is 6.21 Å². The first-order chi connectivity index (χ1) is 14.0. The Labute approximate surface area is 185 Å². The van der Waals surface area contributed by atoms with Gasteiger partial charge in [-0.05, 0) is 12.1 Å². The number of carbonyl (C=O) groups excluding carboxylic acids is 2. The van der Waals surface area contributed by atoms with Crippen LogP contribution in [-0.4, -0.2) is 66.1 Å². The van der Waals surface area contributed by atoms with Crippen LogP contribution in [0.4, 0.5) is 14.0 Å². The Morgan fingerprint density at radius 2 is 1.67 bits per heavy atom. The SMILES string of the molecule is COC(=O)OC[C@H](OS(=O)(=O)c1cc(Cl)c(Cl)cc1Cl)[C@H](OC(=O)OC)[C@H](F)C=N. The third-order valence-corrected chi connectivity index (χ3v) is 5.79. The highest BCUT2D eigenvalue weighted by atomic mass is 35.5. The van der Waals surface area contributed by atoms with Crippen LogP contribution < -0.4 is 0 Å². The van der Waals surface area contributed by atoms with E-state index in [0.29, 0.717) is 0 Å². The molecule has 1 rings (SSSR count). The van der Waals surface area contributed by atoms with E-state index in [9.17, 15) is 22.4 Å². The van der Waals surface area contributed by atoms with Crippen LogP contribution >= 0.6 is 34.8 Å². The molecule has 1 aromatic rings. The van der Waals surface area contributed by atoms with Crippen LogP contribution in [-0.2, 0) is 33.2 Å². The number of hydrogen-bond acceptors (Lipinski definition) is 10. The Balaban J connectivity index is 3.35. The van der Waals surface area contributed by atoms with E-state index in [2.05, 4.69) is 18.9 Å². The molecule has 0 spiro atoms. The number of alkyl halides is 1. The van der Waals surface area contributed by atoms with Gasteiger partial charge >= 0.3 is 12.3 Å². The highest BCUT2D eigenvalue weighted by Gasteiger charge is 2.39. The number of carbonyl (C=O) groups is 2. The molecule has 168 valence electrons. The van der Waals surface area contributed by atoms with Crippen molar-refractivity contribution in [3.05, 3.63) is 27.2 Å². The van der Waals surface area contributed by atoms with Crippen LogP contribution in [0.3, 0.4) is 0 Å². The molecule has 1 N–H and O–H groups in total. The minimum absolute atomic E-state index is 0.0503. The van der Waals surface area contributed by atoms with Crippen LogP contribution in [0.2, 0.25) is 15.1 Å². The average Bonchev–Trinajstić information content (AvgIpc) is 2.70. The molecule has 10 nitrogen and oxygen atoms in total. The zero-order valence-electron chi connectivity index (χ0n) is 15.3. The molecule has 0 amide bonds. The number of hydrogen-bond donors (Lipinski definition) is 1. The second-order valence-electron chi connectivity index (χ2n) is 5.20.